The Labute approximate surface area is 88.4 Å². The highest BCUT2D eigenvalue weighted by Gasteiger charge is 1.97. The van der Waals surface area contributed by atoms with E-state index in [9.17, 15) is 0 Å². The van der Waals surface area contributed by atoms with Gasteiger partial charge in [0.15, 0.2) is 0 Å². The quantitative estimate of drug-likeness (QED) is 0.547. The van der Waals surface area contributed by atoms with Gasteiger partial charge in [-0.3, -0.25) is 0 Å². The van der Waals surface area contributed by atoms with Gasteiger partial charge in [-0.1, -0.05) is 56.1 Å². The topological polar surface area (TPSA) is 0 Å². The lowest BCUT2D eigenvalue weighted by molar-refractivity contribution is 0.668. The Bertz CT molecular complexity index is 241. The first-order valence-electron chi connectivity index (χ1n) is 5.86. The molecule has 0 spiro atoms. The monoisotopic (exact) mass is 190 g/mol. The molecule has 0 nitrogen and oxygen atoms in total. The van der Waals surface area contributed by atoms with Gasteiger partial charge in [0.2, 0.25) is 0 Å². The summed E-state index contributed by atoms with van der Waals surface area (Å²) in [6.07, 6.45) is 16.9. The highest BCUT2D eigenvalue weighted by Crippen LogP contribution is 2.17. The van der Waals surface area contributed by atoms with E-state index in [4.69, 9.17) is 0 Å². The molecule has 0 N–H and O–H groups in total. The standard InChI is InChI=1S/C14H22/c1-3-4-5-6-10-14-11-8-7-9-13(2)12-14/h7-8,11-12H,3-6,9-10H2,1-2H3. The van der Waals surface area contributed by atoms with Gasteiger partial charge in [0.05, 0.1) is 0 Å². The second-order valence-electron chi connectivity index (χ2n) is 4.18. The van der Waals surface area contributed by atoms with Crippen molar-refractivity contribution in [3.8, 4) is 0 Å². The molecule has 14 heavy (non-hydrogen) atoms. The first-order chi connectivity index (χ1) is 6.83. The van der Waals surface area contributed by atoms with Crippen LogP contribution in [0.2, 0.25) is 0 Å². The van der Waals surface area contributed by atoms with Crippen molar-refractivity contribution in [3.05, 3.63) is 35.5 Å². The normalized spacial score (nSPS) is 16.1. The molecule has 0 fully saturated rings. The van der Waals surface area contributed by atoms with Gasteiger partial charge < -0.3 is 0 Å². The fourth-order valence-electron chi connectivity index (χ4n) is 1.78. The molecule has 0 unspecified atom stereocenters. The van der Waals surface area contributed by atoms with E-state index in [-0.39, 0.29) is 0 Å². The molecular formula is C14H22. The molecule has 1 aliphatic carbocycles. The zero-order chi connectivity index (χ0) is 10.2. The number of rotatable bonds is 5. The third kappa shape index (κ3) is 4.45. The molecule has 0 saturated carbocycles. The molecule has 1 rings (SSSR count). The maximum atomic E-state index is 2.35. The highest BCUT2D eigenvalue weighted by atomic mass is 14.0. The lowest BCUT2D eigenvalue weighted by atomic mass is 10.0. The van der Waals surface area contributed by atoms with Crippen LogP contribution in [0.4, 0.5) is 0 Å². The average molecular weight is 190 g/mol. The third-order valence-electron chi connectivity index (χ3n) is 2.64. The summed E-state index contributed by atoms with van der Waals surface area (Å²) in [5.74, 6) is 0. The van der Waals surface area contributed by atoms with Crippen LogP contribution in [-0.4, -0.2) is 0 Å². The van der Waals surface area contributed by atoms with Gasteiger partial charge >= 0.3 is 0 Å². The van der Waals surface area contributed by atoms with Crippen LogP contribution < -0.4 is 0 Å². The fourth-order valence-corrected chi connectivity index (χ4v) is 1.78. The van der Waals surface area contributed by atoms with Crippen LogP contribution in [0.25, 0.3) is 0 Å². The van der Waals surface area contributed by atoms with Crippen LogP contribution in [0.5, 0.6) is 0 Å². The maximum absolute atomic E-state index is 2.35. The summed E-state index contributed by atoms with van der Waals surface area (Å²) >= 11 is 0. The second-order valence-corrected chi connectivity index (χ2v) is 4.18. The minimum Gasteiger partial charge on any atom is -0.0805 e. The number of unbranched alkanes of at least 4 members (excludes halogenated alkanes) is 3. The first-order valence-corrected chi connectivity index (χ1v) is 5.86. The van der Waals surface area contributed by atoms with E-state index in [1.54, 1.807) is 0 Å². The Kier molecular flexibility index (Phi) is 5.36. The Morgan fingerprint density at radius 2 is 2.07 bits per heavy atom. The Hall–Kier alpha value is -0.780. The molecule has 78 valence electrons. The molecule has 1 aliphatic rings. The molecule has 0 aromatic rings. The number of hydrogen-bond donors (Lipinski definition) is 0. The van der Waals surface area contributed by atoms with Crippen LogP contribution in [0.15, 0.2) is 35.5 Å². The lowest BCUT2D eigenvalue weighted by Crippen LogP contribution is -1.82. The van der Waals surface area contributed by atoms with E-state index in [1.807, 2.05) is 0 Å². The molecule has 0 heteroatoms. The molecule has 0 atom stereocenters. The minimum absolute atomic E-state index is 1.12. The van der Waals surface area contributed by atoms with Gasteiger partial charge in [0.1, 0.15) is 0 Å². The molecule has 0 amide bonds. The molecule has 0 aliphatic heterocycles. The van der Waals surface area contributed by atoms with Gasteiger partial charge in [0.25, 0.3) is 0 Å². The van der Waals surface area contributed by atoms with Crippen LogP contribution in [0.1, 0.15) is 52.4 Å². The summed E-state index contributed by atoms with van der Waals surface area (Å²) < 4.78 is 0. The summed E-state index contributed by atoms with van der Waals surface area (Å²) in [7, 11) is 0. The molecular weight excluding hydrogens is 168 g/mol. The van der Waals surface area contributed by atoms with Crippen LogP contribution >= 0.6 is 0 Å². The predicted octanol–water partition coefficient (Wildman–Crippen LogP) is 4.79. The lowest BCUT2D eigenvalue weighted by Gasteiger charge is -2.02. The summed E-state index contributed by atoms with van der Waals surface area (Å²) in [5, 5.41) is 0. The second kappa shape index (κ2) is 6.64. The zero-order valence-corrected chi connectivity index (χ0v) is 9.55. The zero-order valence-electron chi connectivity index (χ0n) is 9.55. The van der Waals surface area contributed by atoms with Crippen molar-refractivity contribution in [2.75, 3.05) is 0 Å². The number of allylic oxidation sites excluding steroid dienone is 6. The molecule has 0 aromatic heterocycles. The molecule has 0 heterocycles. The van der Waals surface area contributed by atoms with E-state index in [1.165, 1.54) is 43.3 Å². The molecule has 0 aromatic carbocycles. The third-order valence-corrected chi connectivity index (χ3v) is 2.64. The van der Waals surface area contributed by atoms with Gasteiger partial charge in [-0.15, -0.1) is 0 Å². The Balaban J connectivity index is 2.32. The highest BCUT2D eigenvalue weighted by molar-refractivity contribution is 5.30. The van der Waals surface area contributed by atoms with Crippen molar-refractivity contribution in [2.45, 2.75) is 52.4 Å². The molecule has 0 radical (unpaired) electrons. The summed E-state index contributed by atoms with van der Waals surface area (Å²) in [4.78, 5) is 0. The first kappa shape index (κ1) is 11.3. The van der Waals surface area contributed by atoms with Crippen LogP contribution in [0, 0.1) is 0 Å². The summed E-state index contributed by atoms with van der Waals surface area (Å²) in [6, 6.07) is 0. The minimum atomic E-state index is 1.12. The number of hydrogen-bond acceptors (Lipinski definition) is 0. The largest absolute Gasteiger partial charge is 0.0805 e. The van der Waals surface area contributed by atoms with E-state index >= 15 is 0 Å². The van der Waals surface area contributed by atoms with Crippen molar-refractivity contribution in [1.29, 1.82) is 0 Å². The summed E-state index contributed by atoms with van der Waals surface area (Å²) in [6.45, 7) is 4.48. The average Bonchev–Trinajstić information content (AvgIpc) is 2.38. The fraction of sp³-hybridized carbons (Fsp3) is 0.571. The predicted molar refractivity (Wildman–Crippen MR) is 64.4 cm³/mol. The van der Waals surface area contributed by atoms with Crippen molar-refractivity contribution >= 4 is 0 Å². The van der Waals surface area contributed by atoms with Crippen LogP contribution in [-0.2, 0) is 0 Å². The van der Waals surface area contributed by atoms with E-state index < -0.39 is 0 Å². The summed E-state index contributed by atoms with van der Waals surface area (Å²) in [5.41, 5.74) is 2.99. The van der Waals surface area contributed by atoms with Crippen molar-refractivity contribution in [2.24, 2.45) is 0 Å². The van der Waals surface area contributed by atoms with Crippen molar-refractivity contribution in [3.63, 3.8) is 0 Å². The Morgan fingerprint density at radius 3 is 2.86 bits per heavy atom. The van der Waals surface area contributed by atoms with E-state index in [2.05, 4.69) is 38.2 Å². The van der Waals surface area contributed by atoms with E-state index in [0.717, 1.165) is 6.42 Å². The SMILES string of the molecule is CCCCCCC1=CC=CCC(C)=C1. The van der Waals surface area contributed by atoms with Gasteiger partial charge in [0, 0.05) is 0 Å². The van der Waals surface area contributed by atoms with Gasteiger partial charge in [-0.25, -0.2) is 0 Å². The van der Waals surface area contributed by atoms with Gasteiger partial charge in [-0.05, 0) is 31.8 Å². The van der Waals surface area contributed by atoms with Crippen molar-refractivity contribution < 1.29 is 0 Å². The van der Waals surface area contributed by atoms with Crippen molar-refractivity contribution in [1.82, 2.24) is 0 Å². The maximum Gasteiger partial charge on any atom is -0.0135 e. The smallest absolute Gasteiger partial charge is 0.0135 e. The van der Waals surface area contributed by atoms with Gasteiger partial charge in [-0.2, -0.15) is 0 Å². The molecule has 0 saturated heterocycles. The Morgan fingerprint density at radius 1 is 1.21 bits per heavy atom. The molecule has 0 bridgehead atoms. The van der Waals surface area contributed by atoms with Crippen LogP contribution in [0.3, 0.4) is 0 Å². The van der Waals surface area contributed by atoms with E-state index in [0.29, 0.717) is 0 Å².